The Bertz CT molecular complexity index is 597. The van der Waals surface area contributed by atoms with Crippen LogP contribution in [0.15, 0.2) is 24.3 Å². The van der Waals surface area contributed by atoms with Crippen LogP contribution in [0.5, 0.6) is 0 Å². The number of halogens is 3. The molecule has 1 saturated heterocycles. The van der Waals surface area contributed by atoms with Crippen LogP contribution in [0.4, 0.5) is 13.2 Å². The van der Waals surface area contributed by atoms with Crippen molar-refractivity contribution in [2.45, 2.75) is 57.4 Å². The van der Waals surface area contributed by atoms with E-state index in [1.807, 2.05) is 4.90 Å². The molecule has 2 fully saturated rings. The first-order chi connectivity index (χ1) is 11.9. The fourth-order valence-electron chi connectivity index (χ4n) is 3.76. The van der Waals surface area contributed by atoms with Gasteiger partial charge in [0.25, 0.3) is 0 Å². The highest BCUT2D eigenvalue weighted by molar-refractivity contribution is 5.79. The van der Waals surface area contributed by atoms with E-state index in [9.17, 15) is 18.0 Å². The molecule has 0 radical (unpaired) electrons. The lowest BCUT2D eigenvalue weighted by atomic mass is 10.0. The molecule has 1 atom stereocenters. The standard InChI is InChI=1S/C19H24F3NO2/c20-19(21,22)16-8-3-5-14(11-16)13-25-17-9-4-10-23(12-17)18(24)15-6-1-2-7-15/h3,5,8,11,15,17H,1-2,4,6-7,9-10,12-13H2/t17-/m1/s1. The minimum atomic E-state index is -4.34. The second-order valence-corrected chi connectivity index (χ2v) is 7.04. The first-order valence-corrected chi connectivity index (χ1v) is 9.00. The Kier molecular flexibility index (Phi) is 5.67. The van der Waals surface area contributed by atoms with Crippen molar-refractivity contribution in [3.05, 3.63) is 35.4 Å². The minimum Gasteiger partial charge on any atom is -0.372 e. The van der Waals surface area contributed by atoms with E-state index in [0.717, 1.165) is 57.2 Å². The topological polar surface area (TPSA) is 29.5 Å². The Hall–Kier alpha value is -1.56. The Balaban J connectivity index is 1.54. The average molecular weight is 355 g/mol. The third kappa shape index (κ3) is 4.75. The van der Waals surface area contributed by atoms with Crippen molar-refractivity contribution in [1.82, 2.24) is 4.90 Å². The van der Waals surface area contributed by atoms with Gasteiger partial charge in [0, 0.05) is 19.0 Å². The molecule has 1 aliphatic heterocycles. The van der Waals surface area contributed by atoms with E-state index in [4.69, 9.17) is 4.74 Å². The summed E-state index contributed by atoms with van der Waals surface area (Å²) >= 11 is 0. The van der Waals surface area contributed by atoms with E-state index < -0.39 is 11.7 Å². The summed E-state index contributed by atoms with van der Waals surface area (Å²) in [6, 6.07) is 5.23. The van der Waals surface area contributed by atoms with Gasteiger partial charge in [0.15, 0.2) is 0 Å². The number of rotatable bonds is 4. The maximum absolute atomic E-state index is 12.8. The largest absolute Gasteiger partial charge is 0.416 e. The van der Waals surface area contributed by atoms with Crippen molar-refractivity contribution in [3.63, 3.8) is 0 Å². The van der Waals surface area contributed by atoms with Gasteiger partial charge in [-0.25, -0.2) is 0 Å². The zero-order valence-electron chi connectivity index (χ0n) is 14.2. The van der Waals surface area contributed by atoms with E-state index in [-0.39, 0.29) is 24.5 Å². The molecule has 1 heterocycles. The maximum Gasteiger partial charge on any atom is 0.416 e. The summed E-state index contributed by atoms with van der Waals surface area (Å²) in [5, 5.41) is 0. The molecule has 1 aromatic rings. The Morgan fingerprint density at radius 2 is 1.92 bits per heavy atom. The van der Waals surface area contributed by atoms with Gasteiger partial charge in [-0.1, -0.05) is 25.0 Å². The second-order valence-electron chi connectivity index (χ2n) is 7.04. The van der Waals surface area contributed by atoms with E-state index in [0.29, 0.717) is 12.1 Å². The number of benzene rings is 1. The molecule has 0 aromatic heterocycles. The van der Waals surface area contributed by atoms with Crippen LogP contribution in [0.1, 0.15) is 49.7 Å². The fourth-order valence-corrected chi connectivity index (χ4v) is 3.76. The Morgan fingerprint density at radius 1 is 1.16 bits per heavy atom. The predicted octanol–water partition coefficient (Wildman–Crippen LogP) is 4.40. The predicted molar refractivity (Wildman–Crippen MR) is 87.8 cm³/mol. The third-order valence-electron chi connectivity index (χ3n) is 5.13. The van der Waals surface area contributed by atoms with Gasteiger partial charge in [-0.3, -0.25) is 4.79 Å². The molecule has 3 nitrogen and oxygen atoms in total. The van der Waals surface area contributed by atoms with Crippen molar-refractivity contribution < 1.29 is 22.7 Å². The van der Waals surface area contributed by atoms with E-state index in [1.165, 1.54) is 6.07 Å². The summed E-state index contributed by atoms with van der Waals surface area (Å²) in [5.74, 6) is 0.382. The Morgan fingerprint density at radius 3 is 2.64 bits per heavy atom. The quantitative estimate of drug-likeness (QED) is 0.801. The summed E-state index contributed by atoms with van der Waals surface area (Å²) in [4.78, 5) is 14.4. The highest BCUT2D eigenvalue weighted by Gasteiger charge is 2.32. The molecule has 6 heteroatoms. The molecule has 1 saturated carbocycles. The number of likely N-dealkylation sites (tertiary alicyclic amines) is 1. The van der Waals surface area contributed by atoms with Crippen molar-refractivity contribution in [2.75, 3.05) is 13.1 Å². The molecule has 0 spiro atoms. The molecule has 0 unspecified atom stereocenters. The second kappa shape index (κ2) is 7.77. The van der Waals surface area contributed by atoms with Gasteiger partial charge in [-0.05, 0) is 43.4 Å². The van der Waals surface area contributed by atoms with Crippen LogP contribution in [-0.4, -0.2) is 30.0 Å². The van der Waals surface area contributed by atoms with Gasteiger partial charge in [-0.15, -0.1) is 0 Å². The maximum atomic E-state index is 12.8. The lowest BCUT2D eigenvalue weighted by Crippen LogP contribution is -2.45. The summed E-state index contributed by atoms with van der Waals surface area (Å²) in [5.41, 5.74) is -0.149. The molecular formula is C19H24F3NO2. The summed E-state index contributed by atoms with van der Waals surface area (Å²) in [7, 11) is 0. The molecule has 1 aliphatic carbocycles. The van der Waals surface area contributed by atoms with Crippen LogP contribution in [0.25, 0.3) is 0 Å². The van der Waals surface area contributed by atoms with Crippen LogP contribution >= 0.6 is 0 Å². The number of ether oxygens (including phenoxy) is 1. The molecule has 2 aliphatic rings. The normalized spacial score (nSPS) is 22.4. The summed E-state index contributed by atoms with van der Waals surface area (Å²) < 4.78 is 44.1. The van der Waals surface area contributed by atoms with Crippen molar-refractivity contribution >= 4 is 5.91 Å². The zero-order chi connectivity index (χ0) is 17.9. The number of carbonyl (C=O) groups is 1. The van der Waals surface area contributed by atoms with Gasteiger partial charge in [0.05, 0.1) is 18.3 Å². The molecule has 1 aromatic carbocycles. The number of hydrogen-bond donors (Lipinski definition) is 0. The highest BCUT2D eigenvalue weighted by Crippen LogP contribution is 2.30. The van der Waals surface area contributed by atoms with E-state index in [1.54, 1.807) is 6.07 Å². The number of alkyl halides is 3. The highest BCUT2D eigenvalue weighted by atomic mass is 19.4. The van der Waals surface area contributed by atoms with E-state index in [2.05, 4.69) is 0 Å². The third-order valence-corrected chi connectivity index (χ3v) is 5.13. The van der Waals surface area contributed by atoms with E-state index >= 15 is 0 Å². The van der Waals surface area contributed by atoms with Gasteiger partial charge >= 0.3 is 6.18 Å². The molecule has 138 valence electrons. The van der Waals surface area contributed by atoms with Crippen LogP contribution in [0, 0.1) is 5.92 Å². The van der Waals surface area contributed by atoms with Crippen LogP contribution in [0.2, 0.25) is 0 Å². The van der Waals surface area contributed by atoms with Crippen LogP contribution in [-0.2, 0) is 22.3 Å². The number of piperidine rings is 1. The van der Waals surface area contributed by atoms with Crippen molar-refractivity contribution in [3.8, 4) is 0 Å². The number of hydrogen-bond acceptors (Lipinski definition) is 2. The number of amides is 1. The number of carbonyl (C=O) groups excluding carboxylic acids is 1. The lowest BCUT2D eigenvalue weighted by molar-refractivity contribution is -0.140. The molecule has 3 rings (SSSR count). The monoisotopic (exact) mass is 355 g/mol. The minimum absolute atomic E-state index is 0.103. The van der Waals surface area contributed by atoms with Gasteiger partial charge < -0.3 is 9.64 Å². The van der Waals surface area contributed by atoms with Gasteiger partial charge in [0.2, 0.25) is 5.91 Å². The summed E-state index contributed by atoms with van der Waals surface area (Å²) in [6.45, 7) is 1.45. The first kappa shape index (κ1) is 18.2. The smallest absolute Gasteiger partial charge is 0.372 e. The van der Waals surface area contributed by atoms with Gasteiger partial charge in [-0.2, -0.15) is 13.2 Å². The summed E-state index contributed by atoms with van der Waals surface area (Å²) in [6.07, 6.45) is 1.48. The lowest BCUT2D eigenvalue weighted by Gasteiger charge is -2.34. The molecule has 0 N–H and O–H groups in total. The van der Waals surface area contributed by atoms with Crippen molar-refractivity contribution in [1.29, 1.82) is 0 Å². The molecule has 25 heavy (non-hydrogen) atoms. The number of nitrogens with zero attached hydrogens (tertiary/aromatic N) is 1. The van der Waals surface area contributed by atoms with Gasteiger partial charge in [0.1, 0.15) is 0 Å². The molecule has 0 bridgehead atoms. The fraction of sp³-hybridized carbons (Fsp3) is 0.632. The van der Waals surface area contributed by atoms with Crippen LogP contribution < -0.4 is 0 Å². The zero-order valence-corrected chi connectivity index (χ0v) is 14.2. The van der Waals surface area contributed by atoms with Crippen LogP contribution in [0.3, 0.4) is 0 Å². The average Bonchev–Trinajstić information content (AvgIpc) is 3.14. The molecule has 1 amide bonds. The first-order valence-electron chi connectivity index (χ1n) is 9.00. The Labute approximate surface area is 146 Å². The molecular weight excluding hydrogens is 331 g/mol. The SMILES string of the molecule is O=C(C1CCCC1)N1CCC[C@@H](OCc2cccc(C(F)(F)F)c2)C1. The van der Waals surface area contributed by atoms with Crippen molar-refractivity contribution in [2.24, 2.45) is 5.92 Å².